The molecule has 7 nitrogen and oxygen atoms in total. The summed E-state index contributed by atoms with van der Waals surface area (Å²) in [6, 6.07) is 15.0. The molecule has 1 aliphatic rings. The summed E-state index contributed by atoms with van der Waals surface area (Å²) in [6.45, 7) is 3.75. The minimum atomic E-state index is -3.67. The minimum Gasteiger partial charge on any atom is -0.497 e. The van der Waals surface area contributed by atoms with E-state index in [9.17, 15) is 8.42 Å². The van der Waals surface area contributed by atoms with Crippen molar-refractivity contribution in [3.8, 4) is 11.5 Å². The minimum absolute atomic E-state index is 0.0863. The fraction of sp³-hybridized carbons (Fsp3) is 0.455. The topological polar surface area (TPSA) is 77.1 Å². The van der Waals surface area contributed by atoms with Crippen LogP contribution in [-0.4, -0.2) is 60.3 Å². The van der Waals surface area contributed by atoms with Crippen LogP contribution in [0.2, 0.25) is 0 Å². The van der Waals surface area contributed by atoms with Gasteiger partial charge in [0.1, 0.15) is 16.4 Å². The highest BCUT2D eigenvalue weighted by Crippen LogP contribution is 2.28. The van der Waals surface area contributed by atoms with Crippen LogP contribution in [0.1, 0.15) is 24.5 Å². The van der Waals surface area contributed by atoms with Crippen molar-refractivity contribution in [2.24, 2.45) is 0 Å². The molecule has 8 heteroatoms. The maximum atomic E-state index is 12.7. The molecule has 1 aliphatic heterocycles. The summed E-state index contributed by atoms with van der Waals surface area (Å²) in [5.41, 5.74) is 1.20. The van der Waals surface area contributed by atoms with E-state index < -0.39 is 10.0 Å². The normalized spacial score (nSPS) is 17.6. The second kappa shape index (κ2) is 10.8. The maximum Gasteiger partial charge on any atom is 0.244 e. The van der Waals surface area contributed by atoms with Crippen LogP contribution >= 0.6 is 0 Å². The van der Waals surface area contributed by atoms with Crippen LogP contribution in [-0.2, 0) is 14.8 Å². The Morgan fingerprint density at radius 3 is 2.63 bits per heavy atom. The first-order valence-electron chi connectivity index (χ1n) is 10.1. The number of morpholine rings is 1. The molecule has 1 unspecified atom stereocenters. The quantitative estimate of drug-likeness (QED) is 0.580. The van der Waals surface area contributed by atoms with E-state index in [1.807, 2.05) is 18.2 Å². The second-order valence-electron chi connectivity index (χ2n) is 7.19. The number of nitrogens with zero attached hydrogens (tertiary/aromatic N) is 1. The van der Waals surface area contributed by atoms with Crippen molar-refractivity contribution in [2.45, 2.75) is 23.8 Å². The Hall–Kier alpha value is -2.13. The van der Waals surface area contributed by atoms with Crippen LogP contribution in [0.3, 0.4) is 0 Å². The summed E-state index contributed by atoms with van der Waals surface area (Å²) >= 11 is 0. The van der Waals surface area contributed by atoms with Crippen molar-refractivity contribution in [1.29, 1.82) is 0 Å². The zero-order valence-corrected chi connectivity index (χ0v) is 18.4. The Morgan fingerprint density at radius 1 is 1.10 bits per heavy atom. The van der Waals surface area contributed by atoms with E-state index >= 15 is 0 Å². The molecule has 2 aromatic rings. The lowest BCUT2D eigenvalue weighted by Gasteiger charge is -2.33. The van der Waals surface area contributed by atoms with Crippen LogP contribution in [0.5, 0.6) is 11.5 Å². The van der Waals surface area contributed by atoms with E-state index in [1.165, 1.54) is 25.8 Å². The number of methoxy groups -OCH3 is 2. The number of unbranched alkanes of at least 4 members (excludes halogenated alkanes) is 1. The van der Waals surface area contributed by atoms with Crippen LogP contribution in [0, 0.1) is 0 Å². The molecule has 0 aliphatic carbocycles. The molecule has 1 fully saturated rings. The van der Waals surface area contributed by atoms with Gasteiger partial charge in [0.15, 0.2) is 0 Å². The molecule has 30 heavy (non-hydrogen) atoms. The number of benzene rings is 2. The average molecular weight is 435 g/mol. The Balaban J connectivity index is 1.46. The van der Waals surface area contributed by atoms with Gasteiger partial charge in [-0.15, -0.1) is 0 Å². The lowest BCUT2D eigenvalue weighted by atomic mass is 10.1. The van der Waals surface area contributed by atoms with Crippen LogP contribution in [0.25, 0.3) is 0 Å². The standard InChI is InChI=1S/C22H30N2O5S/c1-27-19-10-11-20(28-2)22(16-19)30(25,26)23-12-6-7-13-24-14-15-29-21(17-24)18-8-4-3-5-9-18/h3-5,8-11,16,21,23H,6-7,12-15,17H2,1-2H3. The van der Waals surface area contributed by atoms with Gasteiger partial charge in [0.2, 0.25) is 10.0 Å². The molecule has 1 heterocycles. The molecular formula is C22H30N2O5S. The SMILES string of the molecule is COc1ccc(OC)c(S(=O)(=O)NCCCCN2CCOC(c3ccccc3)C2)c1. The van der Waals surface area contributed by atoms with Gasteiger partial charge in [-0.3, -0.25) is 4.90 Å². The molecule has 164 valence electrons. The van der Waals surface area contributed by atoms with Crippen molar-refractivity contribution in [1.82, 2.24) is 9.62 Å². The largest absolute Gasteiger partial charge is 0.497 e. The number of hydrogen-bond acceptors (Lipinski definition) is 6. The third-order valence-electron chi connectivity index (χ3n) is 5.18. The fourth-order valence-corrected chi connectivity index (χ4v) is 4.77. The van der Waals surface area contributed by atoms with Crippen LogP contribution in [0.4, 0.5) is 0 Å². The molecule has 3 rings (SSSR count). The Bertz CT molecular complexity index is 905. The van der Waals surface area contributed by atoms with Gasteiger partial charge in [-0.1, -0.05) is 30.3 Å². The van der Waals surface area contributed by atoms with Crippen molar-refractivity contribution in [2.75, 3.05) is 47.0 Å². The van der Waals surface area contributed by atoms with Crippen molar-refractivity contribution < 1.29 is 22.6 Å². The highest BCUT2D eigenvalue weighted by Gasteiger charge is 2.22. The molecule has 0 aromatic heterocycles. The van der Waals surface area contributed by atoms with Gasteiger partial charge in [0, 0.05) is 25.7 Å². The highest BCUT2D eigenvalue weighted by atomic mass is 32.2. The summed E-state index contributed by atoms with van der Waals surface area (Å²) in [6.07, 6.45) is 1.75. The van der Waals surface area contributed by atoms with Gasteiger partial charge in [0.25, 0.3) is 0 Å². The number of nitrogens with one attached hydrogen (secondary N) is 1. The Kier molecular flexibility index (Phi) is 8.09. The highest BCUT2D eigenvalue weighted by molar-refractivity contribution is 7.89. The molecule has 2 aromatic carbocycles. The molecular weight excluding hydrogens is 404 g/mol. The lowest BCUT2D eigenvalue weighted by Crippen LogP contribution is -2.39. The molecule has 0 saturated carbocycles. The van der Waals surface area contributed by atoms with Gasteiger partial charge in [-0.25, -0.2) is 13.1 Å². The molecule has 0 amide bonds. The number of rotatable bonds is 10. The van der Waals surface area contributed by atoms with E-state index in [-0.39, 0.29) is 11.0 Å². The predicted molar refractivity (Wildman–Crippen MR) is 116 cm³/mol. The van der Waals surface area contributed by atoms with Gasteiger partial charge in [-0.2, -0.15) is 0 Å². The third-order valence-corrected chi connectivity index (χ3v) is 6.66. The third kappa shape index (κ3) is 5.95. The Labute approximate surface area is 179 Å². The first kappa shape index (κ1) is 22.6. The van der Waals surface area contributed by atoms with E-state index in [0.29, 0.717) is 24.7 Å². The molecule has 0 spiro atoms. The summed E-state index contributed by atoms with van der Waals surface area (Å²) in [7, 11) is -0.724. The molecule has 0 radical (unpaired) electrons. The van der Waals surface area contributed by atoms with Crippen LogP contribution in [0.15, 0.2) is 53.4 Å². The van der Waals surface area contributed by atoms with Crippen molar-refractivity contribution in [3.63, 3.8) is 0 Å². The van der Waals surface area contributed by atoms with Crippen molar-refractivity contribution in [3.05, 3.63) is 54.1 Å². The second-order valence-corrected chi connectivity index (χ2v) is 8.93. The van der Waals surface area contributed by atoms with E-state index in [0.717, 1.165) is 32.5 Å². The van der Waals surface area contributed by atoms with E-state index in [1.54, 1.807) is 12.1 Å². The average Bonchev–Trinajstić information content (AvgIpc) is 2.79. The number of sulfonamides is 1. The number of hydrogen-bond donors (Lipinski definition) is 1. The molecule has 1 N–H and O–H groups in total. The monoisotopic (exact) mass is 434 g/mol. The number of ether oxygens (including phenoxy) is 3. The van der Waals surface area contributed by atoms with Crippen LogP contribution < -0.4 is 14.2 Å². The molecule has 1 atom stereocenters. The first-order chi connectivity index (χ1) is 14.5. The van der Waals surface area contributed by atoms with E-state index in [4.69, 9.17) is 14.2 Å². The maximum absolute atomic E-state index is 12.7. The van der Waals surface area contributed by atoms with E-state index in [2.05, 4.69) is 21.8 Å². The lowest BCUT2D eigenvalue weighted by molar-refractivity contribution is -0.0303. The summed E-state index contributed by atoms with van der Waals surface area (Å²) in [4.78, 5) is 2.46. The smallest absolute Gasteiger partial charge is 0.244 e. The zero-order chi connectivity index (χ0) is 21.4. The summed E-state index contributed by atoms with van der Waals surface area (Å²) < 4.78 is 44.2. The van der Waals surface area contributed by atoms with Gasteiger partial charge >= 0.3 is 0 Å². The van der Waals surface area contributed by atoms with Crippen molar-refractivity contribution >= 4 is 10.0 Å². The van der Waals surface area contributed by atoms with Gasteiger partial charge in [0.05, 0.1) is 26.9 Å². The Morgan fingerprint density at radius 2 is 1.90 bits per heavy atom. The molecule has 0 bridgehead atoms. The van der Waals surface area contributed by atoms with Gasteiger partial charge < -0.3 is 14.2 Å². The van der Waals surface area contributed by atoms with Gasteiger partial charge in [-0.05, 0) is 37.1 Å². The zero-order valence-electron chi connectivity index (χ0n) is 17.5. The first-order valence-corrected chi connectivity index (χ1v) is 11.6. The summed E-state index contributed by atoms with van der Waals surface area (Å²) in [5, 5.41) is 0. The molecule has 1 saturated heterocycles. The summed E-state index contributed by atoms with van der Waals surface area (Å²) in [5.74, 6) is 0.764. The predicted octanol–water partition coefficient (Wildman–Crippen LogP) is 2.84. The fourth-order valence-electron chi connectivity index (χ4n) is 3.51.